The van der Waals surface area contributed by atoms with E-state index >= 15 is 0 Å². The van der Waals surface area contributed by atoms with Gasteiger partial charge >= 0.3 is 0 Å². The van der Waals surface area contributed by atoms with E-state index in [0.717, 1.165) is 16.6 Å². The highest BCUT2D eigenvalue weighted by molar-refractivity contribution is 5.84. The molecule has 7 nitrogen and oxygen atoms in total. The number of morpholine rings is 1. The molecule has 0 spiro atoms. The smallest absolute Gasteiger partial charge is 0.275 e. The van der Waals surface area contributed by atoms with Gasteiger partial charge in [-0.1, -0.05) is 24.3 Å². The molecule has 138 valence electrons. The van der Waals surface area contributed by atoms with Crippen molar-refractivity contribution < 1.29 is 9.53 Å². The number of ether oxygens (including phenoxy) is 1. The number of fused-ring (bicyclic) bond motifs is 1. The van der Waals surface area contributed by atoms with Crippen LogP contribution in [0, 0.1) is 0 Å². The molecular weight excluding hydrogens is 344 g/mol. The van der Waals surface area contributed by atoms with Crippen molar-refractivity contribution in [1.82, 2.24) is 19.7 Å². The van der Waals surface area contributed by atoms with E-state index in [4.69, 9.17) is 4.74 Å². The summed E-state index contributed by atoms with van der Waals surface area (Å²) in [6.07, 6.45) is 4.04. The lowest BCUT2D eigenvalue weighted by Gasteiger charge is -2.27. The van der Waals surface area contributed by atoms with Gasteiger partial charge in [-0.05, 0) is 17.7 Å². The number of aromatic nitrogens is 3. The molecule has 0 bridgehead atoms. The summed E-state index contributed by atoms with van der Waals surface area (Å²) < 4.78 is 6.57. The van der Waals surface area contributed by atoms with Crippen molar-refractivity contribution in [2.75, 3.05) is 26.3 Å². The summed E-state index contributed by atoms with van der Waals surface area (Å²) >= 11 is 0. The number of nitrogens with zero attached hydrogens (tertiary/aromatic N) is 4. The lowest BCUT2D eigenvalue weighted by atomic mass is 10.1. The van der Waals surface area contributed by atoms with Gasteiger partial charge in [-0.3, -0.25) is 14.6 Å². The highest BCUT2D eigenvalue weighted by Crippen LogP contribution is 2.16. The van der Waals surface area contributed by atoms with Crippen LogP contribution in [0.2, 0.25) is 0 Å². The van der Waals surface area contributed by atoms with Crippen LogP contribution >= 0.6 is 0 Å². The van der Waals surface area contributed by atoms with Crippen LogP contribution in [0.4, 0.5) is 0 Å². The number of benzene rings is 1. The van der Waals surface area contributed by atoms with E-state index in [1.165, 1.54) is 4.68 Å². The Hall–Kier alpha value is -3.06. The molecule has 0 radical (unpaired) electrons. The number of rotatable bonds is 4. The van der Waals surface area contributed by atoms with Gasteiger partial charge in [0, 0.05) is 37.3 Å². The lowest BCUT2D eigenvalue weighted by Crippen LogP contribution is -2.43. The number of hydrogen-bond acceptors (Lipinski definition) is 5. The van der Waals surface area contributed by atoms with Crippen LogP contribution in [0.5, 0.6) is 0 Å². The van der Waals surface area contributed by atoms with Crippen LogP contribution in [0.15, 0.2) is 53.6 Å². The van der Waals surface area contributed by atoms with Crippen molar-refractivity contribution in [3.63, 3.8) is 0 Å². The average molecular weight is 364 g/mol. The van der Waals surface area contributed by atoms with E-state index < -0.39 is 0 Å². The van der Waals surface area contributed by atoms with E-state index in [1.54, 1.807) is 23.4 Å². The van der Waals surface area contributed by atoms with Crippen LogP contribution in [-0.2, 0) is 22.5 Å². The summed E-state index contributed by atoms with van der Waals surface area (Å²) in [5, 5.41) is 5.91. The largest absolute Gasteiger partial charge is 0.378 e. The van der Waals surface area contributed by atoms with Crippen LogP contribution in [-0.4, -0.2) is 51.9 Å². The third-order valence-electron chi connectivity index (χ3n) is 4.69. The minimum Gasteiger partial charge on any atom is -0.378 e. The zero-order valence-electron chi connectivity index (χ0n) is 14.9. The van der Waals surface area contributed by atoms with E-state index in [0.29, 0.717) is 38.1 Å². The number of amides is 1. The van der Waals surface area contributed by atoms with Crippen molar-refractivity contribution >= 4 is 16.7 Å². The zero-order valence-corrected chi connectivity index (χ0v) is 14.9. The van der Waals surface area contributed by atoms with E-state index in [2.05, 4.69) is 10.1 Å². The normalized spacial score (nSPS) is 14.4. The molecule has 7 heteroatoms. The third-order valence-corrected chi connectivity index (χ3v) is 4.69. The first-order valence-corrected chi connectivity index (χ1v) is 8.95. The second-order valence-corrected chi connectivity index (χ2v) is 6.49. The fourth-order valence-electron chi connectivity index (χ4n) is 3.28. The molecule has 0 saturated carbocycles. The van der Waals surface area contributed by atoms with Gasteiger partial charge in [0.15, 0.2) is 0 Å². The van der Waals surface area contributed by atoms with Crippen LogP contribution in [0.25, 0.3) is 10.8 Å². The first kappa shape index (κ1) is 17.4. The van der Waals surface area contributed by atoms with Gasteiger partial charge in [0.1, 0.15) is 6.54 Å². The minimum absolute atomic E-state index is 0.0658. The van der Waals surface area contributed by atoms with E-state index in [-0.39, 0.29) is 18.0 Å². The maximum Gasteiger partial charge on any atom is 0.275 e. The highest BCUT2D eigenvalue weighted by atomic mass is 16.5. The molecule has 0 N–H and O–H groups in total. The zero-order chi connectivity index (χ0) is 18.6. The van der Waals surface area contributed by atoms with Gasteiger partial charge in [0.05, 0.1) is 24.3 Å². The molecule has 27 heavy (non-hydrogen) atoms. The molecule has 0 unspecified atom stereocenters. The molecule has 1 fully saturated rings. The van der Waals surface area contributed by atoms with Gasteiger partial charge in [0.2, 0.25) is 5.91 Å². The standard InChI is InChI=1S/C20H20N4O3/c25-19(23-8-10-27-11-9-23)14-24-20(26)17-6-2-1-5-16(17)18(22-24)12-15-4-3-7-21-13-15/h1-7,13H,8-12,14H2. The Kier molecular flexibility index (Phi) is 4.93. The third kappa shape index (κ3) is 3.73. The van der Waals surface area contributed by atoms with Crippen molar-refractivity contribution in [2.24, 2.45) is 0 Å². The maximum atomic E-state index is 12.8. The van der Waals surface area contributed by atoms with Gasteiger partial charge in [-0.25, -0.2) is 4.68 Å². The van der Waals surface area contributed by atoms with Crippen molar-refractivity contribution in [3.05, 3.63) is 70.4 Å². The number of pyridine rings is 1. The molecule has 1 saturated heterocycles. The molecule has 1 aliphatic rings. The Morgan fingerprint density at radius 1 is 1.07 bits per heavy atom. The van der Waals surface area contributed by atoms with Crippen molar-refractivity contribution in [2.45, 2.75) is 13.0 Å². The summed E-state index contributed by atoms with van der Waals surface area (Å²) in [7, 11) is 0. The Morgan fingerprint density at radius 2 is 1.85 bits per heavy atom. The molecule has 3 aromatic rings. The Balaban J connectivity index is 1.71. The van der Waals surface area contributed by atoms with Gasteiger partial charge in [0.25, 0.3) is 5.56 Å². The number of carbonyl (C=O) groups excluding carboxylic acids is 1. The van der Waals surface area contributed by atoms with Crippen molar-refractivity contribution in [3.8, 4) is 0 Å². The van der Waals surface area contributed by atoms with E-state index in [1.807, 2.05) is 30.3 Å². The molecule has 1 aliphatic heterocycles. The summed E-state index contributed by atoms with van der Waals surface area (Å²) in [4.78, 5) is 31.3. The Labute approximate surface area is 156 Å². The first-order chi connectivity index (χ1) is 13.2. The predicted molar refractivity (Wildman–Crippen MR) is 100 cm³/mol. The Bertz CT molecular complexity index is 1010. The van der Waals surface area contributed by atoms with Crippen LogP contribution < -0.4 is 5.56 Å². The monoisotopic (exact) mass is 364 g/mol. The van der Waals surface area contributed by atoms with Gasteiger partial charge < -0.3 is 9.64 Å². The molecule has 2 aromatic heterocycles. The molecule has 0 aliphatic carbocycles. The Morgan fingerprint density at radius 3 is 2.59 bits per heavy atom. The summed E-state index contributed by atoms with van der Waals surface area (Å²) in [6, 6.07) is 11.2. The van der Waals surface area contributed by atoms with Crippen LogP contribution in [0.1, 0.15) is 11.3 Å². The number of carbonyl (C=O) groups is 1. The predicted octanol–water partition coefficient (Wildman–Crippen LogP) is 1.24. The SMILES string of the molecule is O=C(Cn1nc(Cc2cccnc2)c2ccccc2c1=O)N1CCOCC1. The molecule has 3 heterocycles. The first-order valence-electron chi connectivity index (χ1n) is 8.95. The molecular formula is C20H20N4O3. The summed E-state index contributed by atoms with van der Waals surface area (Å²) in [5.74, 6) is -0.115. The summed E-state index contributed by atoms with van der Waals surface area (Å²) in [5.41, 5.74) is 1.51. The topological polar surface area (TPSA) is 77.3 Å². The molecule has 4 rings (SSSR count). The van der Waals surface area contributed by atoms with E-state index in [9.17, 15) is 9.59 Å². The molecule has 1 amide bonds. The molecule has 1 aromatic carbocycles. The fraction of sp³-hybridized carbons (Fsp3) is 0.300. The van der Waals surface area contributed by atoms with Gasteiger partial charge in [-0.2, -0.15) is 5.10 Å². The average Bonchev–Trinajstić information content (AvgIpc) is 2.73. The minimum atomic E-state index is -0.248. The number of hydrogen-bond donors (Lipinski definition) is 0. The molecule has 0 atom stereocenters. The second-order valence-electron chi connectivity index (χ2n) is 6.49. The quantitative estimate of drug-likeness (QED) is 0.696. The maximum absolute atomic E-state index is 12.8. The fourth-order valence-corrected chi connectivity index (χ4v) is 3.28. The van der Waals surface area contributed by atoms with Crippen LogP contribution in [0.3, 0.4) is 0 Å². The lowest BCUT2D eigenvalue weighted by molar-refractivity contribution is -0.136. The highest BCUT2D eigenvalue weighted by Gasteiger charge is 2.19. The summed E-state index contributed by atoms with van der Waals surface area (Å²) in [6.45, 7) is 2.08. The van der Waals surface area contributed by atoms with Gasteiger partial charge in [-0.15, -0.1) is 0 Å². The second kappa shape index (κ2) is 7.67. The van der Waals surface area contributed by atoms with Crippen molar-refractivity contribution in [1.29, 1.82) is 0 Å².